The lowest BCUT2D eigenvalue weighted by Gasteiger charge is -2.22. The maximum atomic E-state index is 14.1. The molecule has 1 fully saturated rings. The Hall–Kier alpha value is -1.78. The number of anilines is 1. The smallest absolute Gasteiger partial charge is 0.274 e. The molecule has 1 aromatic rings. The Bertz CT molecular complexity index is 679. The first-order valence-corrected chi connectivity index (χ1v) is 7.69. The molecule has 0 saturated carbocycles. The number of rotatable bonds is 4. The number of hydrogen-bond acceptors (Lipinski definition) is 6. The first-order chi connectivity index (χ1) is 9.78. The van der Waals surface area contributed by atoms with Crippen molar-refractivity contribution in [2.75, 3.05) is 12.0 Å². The largest absolute Gasteiger partial charge is 0.323 e. The fraction of sp³-hybridized carbons (Fsp3) is 0.455. The maximum absolute atomic E-state index is 14.1. The van der Waals surface area contributed by atoms with Crippen LogP contribution < -0.4 is 11.3 Å². The van der Waals surface area contributed by atoms with E-state index in [1.54, 1.807) is 6.92 Å². The van der Waals surface area contributed by atoms with E-state index in [1.807, 2.05) is 5.43 Å². The Morgan fingerprint density at radius 2 is 2.19 bits per heavy atom. The van der Waals surface area contributed by atoms with Crippen LogP contribution in [0.5, 0.6) is 0 Å². The number of nitrogens with one attached hydrogen (secondary N) is 1. The molecule has 1 aliphatic rings. The van der Waals surface area contributed by atoms with Crippen LogP contribution in [0.3, 0.4) is 0 Å². The van der Waals surface area contributed by atoms with Gasteiger partial charge < -0.3 is 5.43 Å². The molecule has 1 heterocycles. The van der Waals surface area contributed by atoms with Gasteiger partial charge in [0.25, 0.3) is 5.69 Å². The monoisotopic (exact) mass is 318 g/mol. The van der Waals surface area contributed by atoms with Gasteiger partial charge in [-0.2, -0.15) is 4.31 Å². The van der Waals surface area contributed by atoms with Crippen molar-refractivity contribution in [2.24, 2.45) is 5.84 Å². The topological polar surface area (TPSA) is 119 Å². The highest BCUT2D eigenvalue weighted by atomic mass is 32.2. The van der Waals surface area contributed by atoms with E-state index in [9.17, 15) is 22.9 Å². The van der Waals surface area contributed by atoms with E-state index in [4.69, 9.17) is 5.84 Å². The SMILES string of the molecule is CC1CCCN1S(=O)(=O)c1c(F)cc([N+](=O)[O-])cc1NN. The van der Waals surface area contributed by atoms with Crippen molar-refractivity contribution in [2.45, 2.75) is 30.7 Å². The molecule has 0 bridgehead atoms. The molecule has 116 valence electrons. The average molecular weight is 318 g/mol. The average Bonchev–Trinajstić information content (AvgIpc) is 2.84. The fourth-order valence-corrected chi connectivity index (χ4v) is 4.32. The third-order valence-electron chi connectivity index (χ3n) is 3.45. The van der Waals surface area contributed by atoms with Gasteiger partial charge in [-0.15, -0.1) is 0 Å². The van der Waals surface area contributed by atoms with Crippen molar-refractivity contribution < 1.29 is 17.7 Å². The lowest BCUT2D eigenvalue weighted by atomic mass is 10.3. The molecule has 1 unspecified atom stereocenters. The number of halogens is 1. The van der Waals surface area contributed by atoms with Gasteiger partial charge >= 0.3 is 0 Å². The number of sulfonamides is 1. The molecular formula is C11H15FN4O4S. The second kappa shape index (κ2) is 5.54. The number of non-ortho nitro benzene ring substituents is 1. The van der Waals surface area contributed by atoms with Crippen LogP contribution in [0.15, 0.2) is 17.0 Å². The summed E-state index contributed by atoms with van der Waals surface area (Å²) in [6.45, 7) is 2.01. The predicted molar refractivity (Wildman–Crippen MR) is 73.5 cm³/mol. The van der Waals surface area contributed by atoms with E-state index in [1.165, 1.54) is 4.31 Å². The lowest BCUT2D eigenvalue weighted by molar-refractivity contribution is -0.385. The molecule has 0 spiro atoms. The second-order valence-corrected chi connectivity index (χ2v) is 6.64. The molecule has 8 nitrogen and oxygen atoms in total. The third-order valence-corrected chi connectivity index (χ3v) is 5.54. The van der Waals surface area contributed by atoms with Gasteiger partial charge in [0.2, 0.25) is 10.0 Å². The Morgan fingerprint density at radius 3 is 2.67 bits per heavy atom. The van der Waals surface area contributed by atoms with Gasteiger partial charge in [0.15, 0.2) is 5.82 Å². The number of nitrogens with zero attached hydrogens (tertiary/aromatic N) is 2. The van der Waals surface area contributed by atoms with Crippen molar-refractivity contribution in [1.82, 2.24) is 4.31 Å². The van der Waals surface area contributed by atoms with E-state index in [0.717, 1.165) is 6.07 Å². The first-order valence-electron chi connectivity index (χ1n) is 6.25. The Morgan fingerprint density at radius 1 is 1.52 bits per heavy atom. The minimum atomic E-state index is -4.11. The fourth-order valence-electron chi connectivity index (χ4n) is 2.44. The summed E-state index contributed by atoms with van der Waals surface area (Å²) < 4.78 is 40.4. The summed E-state index contributed by atoms with van der Waals surface area (Å²) in [5, 5.41) is 10.7. The van der Waals surface area contributed by atoms with Crippen LogP contribution in [-0.2, 0) is 10.0 Å². The van der Waals surface area contributed by atoms with Crippen molar-refractivity contribution in [3.63, 3.8) is 0 Å². The van der Waals surface area contributed by atoms with Crippen LogP contribution in [0.2, 0.25) is 0 Å². The van der Waals surface area contributed by atoms with Gasteiger partial charge in [-0.25, -0.2) is 12.8 Å². The minimum Gasteiger partial charge on any atom is -0.323 e. The molecule has 0 aliphatic carbocycles. The summed E-state index contributed by atoms with van der Waals surface area (Å²) in [6, 6.07) is 1.22. The molecule has 1 saturated heterocycles. The van der Waals surface area contributed by atoms with E-state index in [2.05, 4.69) is 0 Å². The first kappa shape index (κ1) is 15.6. The van der Waals surface area contributed by atoms with Crippen LogP contribution >= 0.6 is 0 Å². The Labute approximate surface area is 120 Å². The van der Waals surface area contributed by atoms with Crippen LogP contribution in [0.25, 0.3) is 0 Å². The van der Waals surface area contributed by atoms with Crippen molar-refractivity contribution >= 4 is 21.4 Å². The summed E-state index contributed by atoms with van der Waals surface area (Å²) in [5.74, 6) is 4.00. The van der Waals surface area contributed by atoms with E-state index in [0.29, 0.717) is 18.9 Å². The van der Waals surface area contributed by atoms with Crippen molar-refractivity contribution in [3.8, 4) is 0 Å². The number of nitro groups is 1. The highest BCUT2D eigenvalue weighted by Gasteiger charge is 2.37. The van der Waals surface area contributed by atoms with Crippen LogP contribution in [0.4, 0.5) is 15.8 Å². The molecule has 1 aromatic carbocycles. The minimum absolute atomic E-state index is 0.254. The molecule has 10 heteroatoms. The molecule has 3 N–H and O–H groups in total. The molecule has 0 aromatic heterocycles. The Kier molecular flexibility index (Phi) is 4.12. The summed E-state index contributed by atoms with van der Waals surface area (Å²) in [4.78, 5) is 9.22. The van der Waals surface area contributed by atoms with Gasteiger partial charge in [-0.05, 0) is 19.8 Å². The quantitative estimate of drug-likeness (QED) is 0.489. The lowest BCUT2D eigenvalue weighted by Crippen LogP contribution is -2.35. The molecule has 0 radical (unpaired) electrons. The standard InChI is InChI=1S/C11H15FN4O4S/c1-7-3-2-4-15(7)21(19,20)11-9(12)5-8(16(17)18)6-10(11)14-13/h5-7,14H,2-4,13H2,1H3. The summed E-state index contributed by atoms with van der Waals surface area (Å²) >= 11 is 0. The van der Waals surface area contributed by atoms with Gasteiger partial charge in [0, 0.05) is 18.7 Å². The van der Waals surface area contributed by atoms with Crippen molar-refractivity contribution in [3.05, 3.63) is 28.1 Å². The number of benzene rings is 1. The molecule has 2 rings (SSSR count). The number of nitrogen functional groups attached to an aromatic ring is 1. The highest BCUT2D eigenvalue weighted by Crippen LogP contribution is 2.34. The normalized spacial score (nSPS) is 19.7. The highest BCUT2D eigenvalue weighted by molar-refractivity contribution is 7.89. The number of hydrogen-bond donors (Lipinski definition) is 2. The summed E-state index contributed by atoms with van der Waals surface area (Å²) in [7, 11) is -4.11. The molecule has 1 atom stereocenters. The third kappa shape index (κ3) is 2.69. The summed E-state index contributed by atoms with van der Waals surface area (Å²) in [5.41, 5.74) is 1.12. The predicted octanol–water partition coefficient (Wildman–Crippen LogP) is 1.19. The van der Waals surface area contributed by atoms with Gasteiger partial charge in [-0.1, -0.05) is 0 Å². The zero-order valence-electron chi connectivity index (χ0n) is 11.2. The van der Waals surface area contributed by atoms with Gasteiger partial charge in [0.05, 0.1) is 16.7 Å². The van der Waals surface area contributed by atoms with Gasteiger partial charge in [-0.3, -0.25) is 16.0 Å². The molecule has 0 amide bonds. The Balaban J connectivity index is 2.60. The summed E-state index contributed by atoms with van der Waals surface area (Å²) in [6.07, 6.45) is 1.36. The van der Waals surface area contributed by atoms with E-state index < -0.39 is 31.3 Å². The molecular weight excluding hydrogens is 303 g/mol. The van der Waals surface area contributed by atoms with Crippen molar-refractivity contribution in [1.29, 1.82) is 0 Å². The zero-order chi connectivity index (χ0) is 15.8. The van der Waals surface area contributed by atoms with E-state index in [-0.39, 0.29) is 18.3 Å². The maximum Gasteiger partial charge on any atom is 0.274 e. The van der Waals surface area contributed by atoms with E-state index >= 15 is 0 Å². The second-order valence-electron chi connectivity index (χ2n) is 4.81. The number of hydrazine groups is 1. The van der Waals surface area contributed by atoms with Crippen LogP contribution in [-0.4, -0.2) is 30.2 Å². The molecule has 21 heavy (non-hydrogen) atoms. The molecule has 1 aliphatic heterocycles. The van der Waals surface area contributed by atoms with Crippen LogP contribution in [0.1, 0.15) is 19.8 Å². The zero-order valence-corrected chi connectivity index (χ0v) is 12.1. The number of nitrogens with two attached hydrogens (primary N) is 1. The van der Waals surface area contributed by atoms with Gasteiger partial charge in [0.1, 0.15) is 4.90 Å². The van der Waals surface area contributed by atoms with Crippen LogP contribution in [0, 0.1) is 15.9 Å². The number of nitro benzene ring substituents is 1.